The molecule has 0 saturated carbocycles. The van der Waals surface area contributed by atoms with Crippen LogP contribution in [0, 0.1) is 17.1 Å². The molecule has 0 atom stereocenters. The molecule has 0 spiro atoms. The number of methoxy groups -OCH3 is 1. The molecule has 20 heavy (non-hydrogen) atoms. The molecule has 4 heteroatoms. The highest BCUT2D eigenvalue weighted by atomic mass is 19.1. The number of anilines is 1. The van der Waals surface area contributed by atoms with Gasteiger partial charge in [-0.05, 0) is 42.3 Å². The minimum Gasteiger partial charge on any atom is -0.497 e. The highest BCUT2D eigenvalue weighted by molar-refractivity contribution is 5.49. The molecule has 0 aromatic heterocycles. The largest absolute Gasteiger partial charge is 0.497 e. The maximum Gasteiger partial charge on any atom is 0.126 e. The van der Waals surface area contributed by atoms with Crippen molar-refractivity contribution in [2.24, 2.45) is 0 Å². The van der Waals surface area contributed by atoms with Gasteiger partial charge in [0.05, 0.1) is 18.7 Å². The monoisotopic (exact) mass is 270 g/mol. The standard InChI is InChI=1S/C16H15FN2O/c1-20-16-4-2-12(3-5-16)6-7-19-15-9-13(11-18)8-14(17)10-15/h2-5,8-10,19H,6-7H2,1H3. The average Bonchev–Trinajstić information content (AvgIpc) is 2.47. The van der Waals surface area contributed by atoms with Gasteiger partial charge in [0.25, 0.3) is 0 Å². The lowest BCUT2D eigenvalue weighted by Gasteiger charge is -2.07. The Labute approximate surface area is 117 Å². The van der Waals surface area contributed by atoms with Crippen LogP contribution in [0.5, 0.6) is 5.75 Å². The summed E-state index contributed by atoms with van der Waals surface area (Å²) in [6, 6.07) is 14.0. The van der Waals surface area contributed by atoms with E-state index < -0.39 is 5.82 Å². The van der Waals surface area contributed by atoms with E-state index in [-0.39, 0.29) is 0 Å². The maximum atomic E-state index is 13.2. The van der Waals surface area contributed by atoms with Crippen molar-refractivity contribution in [3.8, 4) is 11.8 Å². The van der Waals surface area contributed by atoms with Crippen molar-refractivity contribution in [1.82, 2.24) is 0 Å². The second kappa shape index (κ2) is 6.58. The van der Waals surface area contributed by atoms with Crippen LogP contribution < -0.4 is 10.1 Å². The maximum absolute atomic E-state index is 13.2. The quantitative estimate of drug-likeness (QED) is 0.906. The molecule has 102 valence electrons. The Morgan fingerprint density at radius 3 is 2.60 bits per heavy atom. The van der Waals surface area contributed by atoms with Crippen molar-refractivity contribution in [3.63, 3.8) is 0 Å². The number of nitrogens with zero attached hydrogens (tertiary/aromatic N) is 1. The predicted molar refractivity (Wildman–Crippen MR) is 76.3 cm³/mol. The molecule has 0 bridgehead atoms. The van der Waals surface area contributed by atoms with Crippen LogP contribution >= 0.6 is 0 Å². The van der Waals surface area contributed by atoms with Crippen LogP contribution in [0.15, 0.2) is 42.5 Å². The zero-order valence-corrected chi connectivity index (χ0v) is 11.2. The summed E-state index contributed by atoms with van der Waals surface area (Å²) in [4.78, 5) is 0. The van der Waals surface area contributed by atoms with Crippen LogP contribution in [0.4, 0.5) is 10.1 Å². The Morgan fingerprint density at radius 1 is 1.20 bits per heavy atom. The SMILES string of the molecule is COc1ccc(CCNc2cc(F)cc(C#N)c2)cc1. The molecule has 2 aromatic rings. The molecule has 0 aliphatic carbocycles. The zero-order valence-electron chi connectivity index (χ0n) is 11.2. The summed E-state index contributed by atoms with van der Waals surface area (Å²) >= 11 is 0. The van der Waals surface area contributed by atoms with Gasteiger partial charge in [0.1, 0.15) is 11.6 Å². The lowest BCUT2D eigenvalue weighted by Crippen LogP contribution is -2.05. The third-order valence-corrected chi connectivity index (χ3v) is 2.93. The first-order valence-electron chi connectivity index (χ1n) is 6.29. The van der Waals surface area contributed by atoms with E-state index in [1.807, 2.05) is 30.3 Å². The van der Waals surface area contributed by atoms with Crippen LogP contribution in [0.2, 0.25) is 0 Å². The van der Waals surface area contributed by atoms with E-state index in [1.165, 1.54) is 12.1 Å². The van der Waals surface area contributed by atoms with E-state index in [2.05, 4.69) is 5.32 Å². The Hall–Kier alpha value is -2.54. The second-order valence-corrected chi connectivity index (χ2v) is 4.37. The summed E-state index contributed by atoms with van der Waals surface area (Å²) in [6.45, 7) is 0.667. The molecular formula is C16H15FN2O. The van der Waals surface area contributed by atoms with E-state index in [4.69, 9.17) is 10.00 Å². The molecule has 0 fully saturated rings. The summed E-state index contributed by atoms with van der Waals surface area (Å²) in [7, 11) is 1.63. The van der Waals surface area contributed by atoms with Gasteiger partial charge >= 0.3 is 0 Å². The molecule has 0 heterocycles. The van der Waals surface area contributed by atoms with Crippen molar-refractivity contribution in [3.05, 3.63) is 59.4 Å². The topological polar surface area (TPSA) is 45.0 Å². The number of nitrogens with one attached hydrogen (secondary N) is 1. The Kier molecular flexibility index (Phi) is 4.56. The van der Waals surface area contributed by atoms with E-state index in [0.717, 1.165) is 17.7 Å². The van der Waals surface area contributed by atoms with Crippen molar-refractivity contribution in [2.45, 2.75) is 6.42 Å². The summed E-state index contributed by atoms with van der Waals surface area (Å²) in [5, 5.41) is 11.9. The molecule has 2 rings (SSSR count). The molecule has 1 N–H and O–H groups in total. The van der Waals surface area contributed by atoms with Gasteiger partial charge in [-0.15, -0.1) is 0 Å². The molecule has 0 saturated heterocycles. The normalized spacial score (nSPS) is 9.85. The molecule has 0 aliphatic rings. The highest BCUT2D eigenvalue weighted by Gasteiger charge is 2.00. The van der Waals surface area contributed by atoms with E-state index in [9.17, 15) is 4.39 Å². The van der Waals surface area contributed by atoms with Crippen LogP contribution in [-0.2, 0) is 6.42 Å². The number of ether oxygens (including phenoxy) is 1. The Balaban J connectivity index is 1.92. The molecule has 2 aromatic carbocycles. The van der Waals surface area contributed by atoms with Gasteiger partial charge in [0.2, 0.25) is 0 Å². The fourth-order valence-electron chi connectivity index (χ4n) is 1.90. The number of benzene rings is 2. The fraction of sp³-hybridized carbons (Fsp3) is 0.188. The van der Waals surface area contributed by atoms with Gasteiger partial charge in [0.15, 0.2) is 0 Å². The Morgan fingerprint density at radius 2 is 1.95 bits per heavy atom. The van der Waals surface area contributed by atoms with Gasteiger partial charge in [-0.1, -0.05) is 12.1 Å². The van der Waals surface area contributed by atoms with Gasteiger partial charge < -0.3 is 10.1 Å². The van der Waals surface area contributed by atoms with Crippen molar-refractivity contribution >= 4 is 5.69 Å². The van der Waals surface area contributed by atoms with E-state index >= 15 is 0 Å². The van der Waals surface area contributed by atoms with Crippen LogP contribution in [-0.4, -0.2) is 13.7 Å². The summed E-state index contributed by atoms with van der Waals surface area (Å²) < 4.78 is 18.3. The van der Waals surface area contributed by atoms with Gasteiger partial charge in [-0.3, -0.25) is 0 Å². The summed E-state index contributed by atoms with van der Waals surface area (Å²) in [5.41, 5.74) is 2.10. The molecule has 0 amide bonds. The molecule has 3 nitrogen and oxygen atoms in total. The van der Waals surface area contributed by atoms with Crippen molar-refractivity contribution in [2.75, 3.05) is 19.0 Å². The first-order valence-corrected chi connectivity index (χ1v) is 6.29. The lowest BCUT2D eigenvalue weighted by molar-refractivity contribution is 0.414. The smallest absolute Gasteiger partial charge is 0.126 e. The van der Waals surface area contributed by atoms with Gasteiger partial charge in [0, 0.05) is 12.2 Å². The number of rotatable bonds is 5. The van der Waals surface area contributed by atoms with Gasteiger partial charge in [-0.25, -0.2) is 4.39 Å². The molecular weight excluding hydrogens is 255 g/mol. The first-order chi connectivity index (χ1) is 9.71. The zero-order chi connectivity index (χ0) is 14.4. The minimum atomic E-state index is -0.406. The molecule has 0 aliphatic heterocycles. The number of hydrogen-bond donors (Lipinski definition) is 1. The van der Waals surface area contributed by atoms with E-state index in [0.29, 0.717) is 17.8 Å². The minimum absolute atomic E-state index is 0.317. The molecule has 0 unspecified atom stereocenters. The number of halogens is 1. The lowest BCUT2D eigenvalue weighted by atomic mass is 10.1. The number of nitriles is 1. The van der Waals surface area contributed by atoms with Crippen molar-refractivity contribution < 1.29 is 9.13 Å². The third kappa shape index (κ3) is 3.72. The van der Waals surface area contributed by atoms with Crippen LogP contribution in [0.25, 0.3) is 0 Å². The molecule has 0 radical (unpaired) electrons. The van der Waals surface area contributed by atoms with Crippen LogP contribution in [0.1, 0.15) is 11.1 Å². The average molecular weight is 270 g/mol. The van der Waals surface area contributed by atoms with E-state index in [1.54, 1.807) is 13.2 Å². The second-order valence-electron chi connectivity index (χ2n) is 4.37. The Bertz CT molecular complexity index is 617. The van der Waals surface area contributed by atoms with Gasteiger partial charge in [-0.2, -0.15) is 5.26 Å². The summed E-state index contributed by atoms with van der Waals surface area (Å²) in [5.74, 6) is 0.418. The first kappa shape index (κ1) is 13.9. The predicted octanol–water partition coefficient (Wildman–Crippen LogP) is 3.36. The highest BCUT2D eigenvalue weighted by Crippen LogP contribution is 2.14. The third-order valence-electron chi connectivity index (χ3n) is 2.93. The fourth-order valence-corrected chi connectivity index (χ4v) is 1.90. The van der Waals surface area contributed by atoms with Crippen LogP contribution in [0.3, 0.4) is 0 Å². The number of hydrogen-bond acceptors (Lipinski definition) is 3. The van der Waals surface area contributed by atoms with Crippen molar-refractivity contribution in [1.29, 1.82) is 5.26 Å². The summed E-state index contributed by atoms with van der Waals surface area (Å²) in [6.07, 6.45) is 0.808.